The summed E-state index contributed by atoms with van der Waals surface area (Å²) in [4.78, 5) is 0. The minimum atomic E-state index is 0.384. The number of ether oxygens (including phenoxy) is 1. The van der Waals surface area contributed by atoms with E-state index >= 15 is 0 Å². The van der Waals surface area contributed by atoms with E-state index in [4.69, 9.17) is 4.74 Å². The molecule has 0 saturated heterocycles. The van der Waals surface area contributed by atoms with Gasteiger partial charge in [-0.15, -0.1) is 6.58 Å². The van der Waals surface area contributed by atoms with Gasteiger partial charge in [0, 0.05) is 12.5 Å². The Hall–Kier alpha value is -0.300. The van der Waals surface area contributed by atoms with Crippen LogP contribution in [0, 0.1) is 5.41 Å². The largest absolute Gasteiger partial charge is 0.384 e. The van der Waals surface area contributed by atoms with Crippen molar-refractivity contribution in [3.05, 3.63) is 12.7 Å². The highest BCUT2D eigenvalue weighted by atomic mass is 16.5. The Kier molecular flexibility index (Phi) is 1.39. The summed E-state index contributed by atoms with van der Waals surface area (Å²) in [5.74, 6) is 0. The highest BCUT2D eigenvalue weighted by Crippen LogP contribution is 2.46. The molecule has 1 aliphatic rings. The van der Waals surface area contributed by atoms with E-state index in [0.717, 1.165) is 6.61 Å². The van der Waals surface area contributed by atoms with Crippen molar-refractivity contribution < 1.29 is 4.74 Å². The summed E-state index contributed by atoms with van der Waals surface area (Å²) in [6.45, 7) is 4.59. The molecule has 1 heteroatoms. The van der Waals surface area contributed by atoms with Crippen LogP contribution in [0.1, 0.15) is 12.8 Å². The smallest absolute Gasteiger partial charge is 0.0553 e. The van der Waals surface area contributed by atoms with Gasteiger partial charge in [-0.1, -0.05) is 6.08 Å². The zero-order chi connectivity index (χ0) is 6.04. The molecule has 1 saturated carbocycles. The van der Waals surface area contributed by atoms with Crippen molar-refractivity contribution in [2.45, 2.75) is 12.8 Å². The summed E-state index contributed by atoms with van der Waals surface area (Å²) >= 11 is 0. The first-order chi connectivity index (χ1) is 3.83. The standard InChI is InChI=1S/C7H12O/c1-3-7(4-5-7)6-8-2/h3H,1,4-6H2,2H3. The molecule has 0 aromatic rings. The third-order valence-electron chi connectivity index (χ3n) is 1.76. The molecule has 1 nitrogen and oxygen atoms in total. The van der Waals surface area contributed by atoms with Crippen LogP contribution in [0.15, 0.2) is 12.7 Å². The fourth-order valence-corrected chi connectivity index (χ4v) is 0.855. The van der Waals surface area contributed by atoms with Crippen molar-refractivity contribution in [2.75, 3.05) is 13.7 Å². The molecule has 0 aromatic heterocycles. The summed E-state index contributed by atoms with van der Waals surface area (Å²) in [7, 11) is 1.74. The van der Waals surface area contributed by atoms with E-state index in [-0.39, 0.29) is 0 Å². The topological polar surface area (TPSA) is 9.23 Å². The Morgan fingerprint density at radius 3 is 2.50 bits per heavy atom. The van der Waals surface area contributed by atoms with Gasteiger partial charge in [0.2, 0.25) is 0 Å². The Balaban J connectivity index is 2.30. The lowest BCUT2D eigenvalue weighted by atomic mass is 10.1. The molecule has 46 valence electrons. The predicted molar refractivity (Wildman–Crippen MR) is 33.7 cm³/mol. The first-order valence-electron chi connectivity index (χ1n) is 2.95. The van der Waals surface area contributed by atoms with Crippen molar-refractivity contribution in [3.63, 3.8) is 0 Å². The molecule has 0 N–H and O–H groups in total. The number of methoxy groups -OCH3 is 1. The van der Waals surface area contributed by atoms with Crippen molar-refractivity contribution in [2.24, 2.45) is 5.41 Å². The normalized spacial score (nSPS) is 22.6. The highest BCUT2D eigenvalue weighted by Gasteiger charge is 2.39. The summed E-state index contributed by atoms with van der Waals surface area (Å²) in [5.41, 5.74) is 0.384. The van der Waals surface area contributed by atoms with Crippen molar-refractivity contribution in [3.8, 4) is 0 Å². The minimum absolute atomic E-state index is 0.384. The molecule has 1 aliphatic carbocycles. The number of rotatable bonds is 3. The molecule has 1 fully saturated rings. The van der Waals surface area contributed by atoms with E-state index in [1.54, 1.807) is 7.11 Å². The van der Waals surface area contributed by atoms with Crippen LogP contribution in [-0.4, -0.2) is 13.7 Å². The molecule has 0 spiro atoms. The lowest BCUT2D eigenvalue weighted by Crippen LogP contribution is -2.03. The third kappa shape index (κ3) is 0.920. The third-order valence-corrected chi connectivity index (χ3v) is 1.76. The molecule has 0 radical (unpaired) electrons. The van der Waals surface area contributed by atoms with E-state index in [0.29, 0.717) is 5.41 Å². The molecule has 0 heterocycles. The fraction of sp³-hybridized carbons (Fsp3) is 0.714. The molecule has 0 unspecified atom stereocenters. The minimum Gasteiger partial charge on any atom is -0.384 e. The maximum absolute atomic E-state index is 4.99. The van der Waals surface area contributed by atoms with Crippen molar-refractivity contribution in [1.29, 1.82) is 0 Å². The predicted octanol–water partition coefficient (Wildman–Crippen LogP) is 1.60. The Bertz CT molecular complexity index is 92.6. The van der Waals surface area contributed by atoms with Gasteiger partial charge in [-0.05, 0) is 12.8 Å². The molecular weight excluding hydrogens is 100 g/mol. The van der Waals surface area contributed by atoms with E-state index in [1.807, 2.05) is 6.08 Å². The van der Waals surface area contributed by atoms with Crippen LogP contribution in [0.5, 0.6) is 0 Å². The summed E-state index contributed by atoms with van der Waals surface area (Å²) in [6, 6.07) is 0. The molecule has 0 atom stereocenters. The summed E-state index contributed by atoms with van der Waals surface area (Å²) in [6.07, 6.45) is 4.55. The molecule has 0 bridgehead atoms. The lowest BCUT2D eigenvalue weighted by molar-refractivity contribution is 0.161. The first-order valence-corrected chi connectivity index (χ1v) is 2.95. The summed E-state index contributed by atoms with van der Waals surface area (Å²) < 4.78 is 4.99. The molecular formula is C7H12O. The van der Waals surface area contributed by atoms with Gasteiger partial charge in [0.15, 0.2) is 0 Å². The fourth-order valence-electron chi connectivity index (χ4n) is 0.855. The van der Waals surface area contributed by atoms with Gasteiger partial charge >= 0.3 is 0 Å². The van der Waals surface area contributed by atoms with Gasteiger partial charge in [0.25, 0.3) is 0 Å². The second kappa shape index (κ2) is 1.90. The Morgan fingerprint density at radius 2 is 2.38 bits per heavy atom. The zero-order valence-electron chi connectivity index (χ0n) is 5.31. The van der Waals surface area contributed by atoms with E-state index in [2.05, 4.69) is 6.58 Å². The quantitative estimate of drug-likeness (QED) is 0.504. The van der Waals surface area contributed by atoms with Gasteiger partial charge in [-0.3, -0.25) is 0 Å². The lowest BCUT2D eigenvalue weighted by Gasteiger charge is -2.04. The van der Waals surface area contributed by atoms with Crippen LogP contribution >= 0.6 is 0 Å². The molecule has 1 rings (SSSR count). The van der Waals surface area contributed by atoms with E-state index in [1.165, 1.54) is 12.8 Å². The first kappa shape index (κ1) is 5.83. The average Bonchev–Trinajstić information content (AvgIpc) is 2.50. The van der Waals surface area contributed by atoms with E-state index < -0.39 is 0 Å². The Morgan fingerprint density at radius 1 is 1.75 bits per heavy atom. The molecule has 0 aliphatic heterocycles. The molecule has 8 heavy (non-hydrogen) atoms. The molecule has 0 amide bonds. The maximum atomic E-state index is 4.99. The SMILES string of the molecule is C=CC1(COC)CC1. The van der Waals surface area contributed by atoms with Crippen molar-refractivity contribution in [1.82, 2.24) is 0 Å². The zero-order valence-corrected chi connectivity index (χ0v) is 5.31. The second-order valence-corrected chi connectivity index (χ2v) is 2.50. The van der Waals surface area contributed by atoms with Crippen LogP contribution in [-0.2, 0) is 4.74 Å². The second-order valence-electron chi connectivity index (χ2n) is 2.50. The van der Waals surface area contributed by atoms with Gasteiger partial charge in [0.1, 0.15) is 0 Å². The van der Waals surface area contributed by atoms with Gasteiger partial charge in [0.05, 0.1) is 6.61 Å². The van der Waals surface area contributed by atoms with Gasteiger partial charge < -0.3 is 4.74 Å². The number of hydrogen-bond donors (Lipinski definition) is 0. The number of hydrogen-bond acceptors (Lipinski definition) is 1. The monoisotopic (exact) mass is 112 g/mol. The highest BCUT2D eigenvalue weighted by molar-refractivity contribution is 5.05. The Labute approximate surface area is 50.3 Å². The van der Waals surface area contributed by atoms with Crippen molar-refractivity contribution >= 4 is 0 Å². The van der Waals surface area contributed by atoms with Crippen LogP contribution in [0.25, 0.3) is 0 Å². The van der Waals surface area contributed by atoms with E-state index in [9.17, 15) is 0 Å². The van der Waals surface area contributed by atoms with Crippen LogP contribution in [0.4, 0.5) is 0 Å². The van der Waals surface area contributed by atoms with Crippen LogP contribution in [0.3, 0.4) is 0 Å². The molecule has 0 aromatic carbocycles. The van der Waals surface area contributed by atoms with Gasteiger partial charge in [-0.2, -0.15) is 0 Å². The van der Waals surface area contributed by atoms with Crippen LogP contribution in [0.2, 0.25) is 0 Å². The van der Waals surface area contributed by atoms with Crippen LogP contribution < -0.4 is 0 Å². The summed E-state index contributed by atoms with van der Waals surface area (Å²) in [5, 5.41) is 0. The average molecular weight is 112 g/mol. The maximum Gasteiger partial charge on any atom is 0.0553 e. The van der Waals surface area contributed by atoms with Gasteiger partial charge in [-0.25, -0.2) is 0 Å².